The molecule has 0 fully saturated rings. The Bertz CT molecular complexity index is 1400. The number of para-hydroxylation sites is 1. The Hall–Kier alpha value is -3.59. The SMILES string of the molecule is CN1c2ccccc2C(C)(C)[C@@]12Cc1cc(NS(=O)(=O)c3cccc([N+](=O)[O-])c3)ccc1O2. The summed E-state index contributed by atoms with van der Waals surface area (Å²) >= 11 is 0. The molecule has 1 atom stereocenters. The molecule has 5 rings (SSSR count). The van der Waals surface area contributed by atoms with Crippen LogP contribution in [0.5, 0.6) is 5.75 Å². The molecule has 0 aliphatic carbocycles. The van der Waals surface area contributed by atoms with Crippen molar-refractivity contribution >= 4 is 27.1 Å². The highest BCUT2D eigenvalue weighted by Crippen LogP contribution is 2.56. The first-order chi connectivity index (χ1) is 15.5. The van der Waals surface area contributed by atoms with Gasteiger partial charge in [0.15, 0.2) is 5.72 Å². The lowest BCUT2D eigenvalue weighted by atomic mass is 9.76. The fraction of sp³-hybridized carbons (Fsp3) is 0.250. The van der Waals surface area contributed by atoms with E-state index in [-0.39, 0.29) is 16.0 Å². The van der Waals surface area contributed by atoms with E-state index < -0.39 is 20.7 Å². The Morgan fingerprint density at radius 1 is 1.06 bits per heavy atom. The van der Waals surface area contributed by atoms with Crippen molar-refractivity contribution in [3.63, 3.8) is 0 Å². The Balaban J connectivity index is 1.46. The number of nitro benzene ring substituents is 1. The molecule has 0 radical (unpaired) electrons. The van der Waals surface area contributed by atoms with Crippen molar-refractivity contribution in [1.82, 2.24) is 0 Å². The summed E-state index contributed by atoms with van der Waals surface area (Å²) in [6.45, 7) is 4.32. The van der Waals surface area contributed by atoms with Crippen LogP contribution in [0.3, 0.4) is 0 Å². The normalized spacial score (nSPS) is 20.3. The third-order valence-electron chi connectivity index (χ3n) is 6.82. The highest BCUT2D eigenvalue weighted by atomic mass is 32.2. The van der Waals surface area contributed by atoms with Crippen LogP contribution < -0.4 is 14.4 Å². The first kappa shape index (κ1) is 21.3. The van der Waals surface area contributed by atoms with E-state index in [0.29, 0.717) is 17.9 Å². The van der Waals surface area contributed by atoms with Crippen molar-refractivity contribution in [2.24, 2.45) is 0 Å². The Morgan fingerprint density at radius 3 is 2.55 bits per heavy atom. The number of anilines is 2. The van der Waals surface area contributed by atoms with Gasteiger partial charge in [-0.05, 0) is 49.7 Å². The Labute approximate surface area is 192 Å². The molecule has 8 nitrogen and oxygen atoms in total. The van der Waals surface area contributed by atoms with E-state index in [9.17, 15) is 18.5 Å². The summed E-state index contributed by atoms with van der Waals surface area (Å²) < 4.78 is 34.8. The quantitative estimate of drug-likeness (QED) is 0.451. The highest BCUT2D eigenvalue weighted by molar-refractivity contribution is 7.92. The summed E-state index contributed by atoms with van der Waals surface area (Å²) in [6, 6.07) is 18.4. The van der Waals surface area contributed by atoms with Crippen molar-refractivity contribution in [3.05, 3.63) is 88.0 Å². The molecule has 0 saturated heterocycles. The third-order valence-corrected chi connectivity index (χ3v) is 8.20. The van der Waals surface area contributed by atoms with Gasteiger partial charge in [-0.3, -0.25) is 14.8 Å². The summed E-state index contributed by atoms with van der Waals surface area (Å²) in [4.78, 5) is 12.4. The molecule has 0 unspecified atom stereocenters. The van der Waals surface area contributed by atoms with Gasteiger partial charge in [0.1, 0.15) is 5.75 Å². The Kier molecular flexibility index (Phi) is 4.48. The fourth-order valence-electron chi connectivity index (χ4n) is 4.99. The number of hydrogen-bond acceptors (Lipinski definition) is 6. The van der Waals surface area contributed by atoms with E-state index in [4.69, 9.17) is 4.74 Å². The summed E-state index contributed by atoms with van der Waals surface area (Å²) in [5.74, 6) is 0.709. The zero-order chi connectivity index (χ0) is 23.6. The molecule has 0 bridgehead atoms. The summed E-state index contributed by atoms with van der Waals surface area (Å²) in [5, 5.41) is 11.0. The summed E-state index contributed by atoms with van der Waals surface area (Å²) in [7, 11) is -1.98. The second-order valence-electron chi connectivity index (χ2n) is 8.95. The van der Waals surface area contributed by atoms with E-state index >= 15 is 0 Å². The predicted octanol–water partition coefficient (Wildman–Crippen LogP) is 4.45. The van der Waals surface area contributed by atoms with Gasteiger partial charge in [0, 0.05) is 42.5 Å². The maximum atomic E-state index is 12.9. The fourth-order valence-corrected chi connectivity index (χ4v) is 6.08. The van der Waals surface area contributed by atoms with Crippen molar-refractivity contribution in [1.29, 1.82) is 0 Å². The van der Waals surface area contributed by atoms with Crippen LogP contribution in [0.4, 0.5) is 17.1 Å². The maximum Gasteiger partial charge on any atom is 0.270 e. The molecule has 3 aromatic carbocycles. The van der Waals surface area contributed by atoms with E-state index in [2.05, 4.69) is 35.6 Å². The minimum atomic E-state index is -4.00. The molecule has 1 spiro atoms. The van der Waals surface area contributed by atoms with E-state index in [1.807, 2.05) is 19.2 Å². The molecule has 170 valence electrons. The van der Waals surface area contributed by atoms with Gasteiger partial charge in [0.25, 0.3) is 15.7 Å². The summed E-state index contributed by atoms with van der Waals surface area (Å²) in [5.41, 5.74) is 2.36. The zero-order valence-electron chi connectivity index (χ0n) is 18.4. The molecule has 33 heavy (non-hydrogen) atoms. The van der Waals surface area contributed by atoms with Crippen LogP contribution >= 0.6 is 0 Å². The first-order valence-corrected chi connectivity index (χ1v) is 12.0. The standard InChI is InChI=1S/C24H23N3O5S/c1-23(2)20-9-4-5-10-21(20)26(3)24(23)15-16-13-17(11-12-22(16)32-24)25-33(30,31)19-8-6-7-18(14-19)27(28)29/h4-14,25H,15H2,1-3H3/t24-/m0/s1. The van der Waals surface area contributed by atoms with E-state index in [1.54, 1.807) is 18.2 Å². The minimum Gasteiger partial charge on any atom is -0.466 e. The largest absolute Gasteiger partial charge is 0.466 e. The first-order valence-electron chi connectivity index (χ1n) is 10.5. The van der Waals surface area contributed by atoms with Crippen LogP contribution in [0.2, 0.25) is 0 Å². The van der Waals surface area contributed by atoms with Gasteiger partial charge < -0.3 is 9.64 Å². The minimum absolute atomic E-state index is 0.169. The van der Waals surface area contributed by atoms with Gasteiger partial charge in [0.05, 0.1) is 15.2 Å². The van der Waals surface area contributed by atoms with Crippen LogP contribution in [-0.4, -0.2) is 26.1 Å². The molecule has 0 aromatic heterocycles. The van der Waals surface area contributed by atoms with Gasteiger partial charge in [-0.25, -0.2) is 8.42 Å². The number of nitro groups is 1. The molecule has 2 aliphatic rings. The number of non-ortho nitro benzene ring substituents is 1. The monoisotopic (exact) mass is 465 g/mol. The lowest BCUT2D eigenvalue weighted by Gasteiger charge is -2.42. The molecule has 2 aliphatic heterocycles. The molecular formula is C24H23N3O5S. The number of rotatable bonds is 4. The number of nitrogens with one attached hydrogen (secondary N) is 1. The molecule has 3 aromatic rings. The van der Waals surface area contributed by atoms with Gasteiger partial charge in [-0.1, -0.05) is 24.3 Å². The van der Waals surface area contributed by atoms with Crippen LogP contribution in [0, 0.1) is 10.1 Å². The molecule has 9 heteroatoms. The lowest BCUT2D eigenvalue weighted by molar-refractivity contribution is -0.385. The topological polar surface area (TPSA) is 102 Å². The van der Waals surface area contributed by atoms with Crippen LogP contribution in [0.1, 0.15) is 25.0 Å². The van der Waals surface area contributed by atoms with Gasteiger partial charge in [-0.15, -0.1) is 0 Å². The van der Waals surface area contributed by atoms with Crippen LogP contribution in [0.25, 0.3) is 0 Å². The van der Waals surface area contributed by atoms with E-state index in [0.717, 1.165) is 17.3 Å². The van der Waals surface area contributed by atoms with Gasteiger partial charge in [0.2, 0.25) is 0 Å². The number of hydrogen-bond donors (Lipinski definition) is 1. The predicted molar refractivity (Wildman–Crippen MR) is 125 cm³/mol. The summed E-state index contributed by atoms with van der Waals surface area (Å²) in [6.07, 6.45) is 0.576. The molecule has 0 saturated carbocycles. The molecule has 2 heterocycles. The van der Waals surface area contributed by atoms with Crippen molar-refractivity contribution in [2.75, 3.05) is 16.7 Å². The number of sulfonamides is 1. The number of fused-ring (bicyclic) bond motifs is 2. The lowest BCUT2D eigenvalue weighted by Crippen LogP contribution is -2.58. The average Bonchev–Trinajstić information content (AvgIpc) is 3.25. The third kappa shape index (κ3) is 3.06. The zero-order valence-corrected chi connectivity index (χ0v) is 19.2. The smallest absolute Gasteiger partial charge is 0.270 e. The van der Waals surface area contributed by atoms with Crippen LogP contribution in [-0.2, 0) is 21.9 Å². The number of ether oxygens (including phenoxy) is 1. The van der Waals surface area contributed by atoms with Crippen LogP contribution in [0.15, 0.2) is 71.6 Å². The van der Waals surface area contributed by atoms with Gasteiger partial charge in [-0.2, -0.15) is 0 Å². The number of likely N-dealkylation sites (N-methyl/N-ethyl adjacent to an activating group) is 1. The van der Waals surface area contributed by atoms with Crippen molar-refractivity contribution in [3.8, 4) is 5.75 Å². The second kappa shape index (κ2) is 6.95. The van der Waals surface area contributed by atoms with Crippen molar-refractivity contribution in [2.45, 2.75) is 36.3 Å². The van der Waals surface area contributed by atoms with Crippen molar-refractivity contribution < 1.29 is 18.1 Å². The van der Waals surface area contributed by atoms with E-state index in [1.165, 1.54) is 23.8 Å². The highest BCUT2D eigenvalue weighted by Gasteiger charge is 2.60. The number of benzene rings is 3. The molecule has 0 amide bonds. The molecule has 1 N–H and O–H groups in total. The second-order valence-corrected chi connectivity index (χ2v) is 10.6. The Morgan fingerprint density at radius 2 is 1.82 bits per heavy atom. The molecular weight excluding hydrogens is 442 g/mol. The number of nitrogens with zero attached hydrogens (tertiary/aromatic N) is 2. The van der Waals surface area contributed by atoms with Gasteiger partial charge >= 0.3 is 0 Å². The average molecular weight is 466 g/mol. The maximum absolute atomic E-state index is 12.9.